The van der Waals surface area contributed by atoms with Gasteiger partial charge >= 0.3 is 6.36 Å². The first-order valence-corrected chi connectivity index (χ1v) is 14.2. The number of ketones is 1. The number of hydrogen-bond donors (Lipinski definition) is 0. The average Bonchev–Trinajstić information content (AvgIpc) is 3.56. The summed E-state index contributed by atoms with van der Waals surface area (Å²) in [5.74, 6) is -0.880. The third-order valence-corrected chi connectivity index (χ3v) is 8.45. The number of rotatable bonds is 5. The molecule has 12 heteroatoms. The first-order chi connectivity index (χ1) is 20.9. The molecule has 0 unspecified atom stereocenters. The minimum absolute atomic E-state index is 0.114. The zero-order valence-electron chi connectivity index (χ0n) is 24.1. The Bertz CT molecular complexity index is 1730. The molecule has 0 aliphatic carbocycles. The molecule has 0 saturated carbocycles. The Balaban J connectivity index is 1.28. The molecule has 0 radical (unpaired) electrons. The van der Waals surface area contributed by atoms with Gasteiger partial charge in [0.25, 0.3) is 5.91 Å². The van der Waals surface area contributed by atoms with E-state index in [1.54, 1.807) is 61.5 Å². The molecule has 2 aliphatic rings. The molecule has 2 aromatic carbocycles. The maximum absolute atomic E-state index is 14.0. The fraction of sp³-hybridized carbons (Fsp3) is 0.312. The molecular formula is C32H29F4N5O3. The highest BCUT2D eigenvalue weighted by Crippen LogP contribution is 2.40. The zero-order chi connectivity index (χ0) is 31.2. The molecule has 2 fully saturated rings. The molecule has 4 heterocycles. The number of carbonyl (C=O) groups is 2. The van der Waals surface area contributed by atoms with Gasteiger partial charge < -0.3 is 14.5 Å². The lowest BCUT2D eigenvalue weighted by Crippen LogP contribution is -2.56. The van der Waals surface area contributed by atoms with Crippen molar-refractivity contribution in [2.24, 2.45) is 0 Å². The Morgan fingerprint density at radius 3 is 2.41 bits per heavy atom. The summed E-state index contributed by atoms with van der Waals surface area (Å²) in [6.07, 6.45) is -0.385. The van der Waals surface area contributed by atoms with Crippen molar-refractivity contribution in [3.8, 4) is 22.7 Å². The van der Waals surface area contributed by atoms with Crippen molar-refractivity contribution in [1.82, 2.24) is 19.7 Å². The zero-order valence-corrected chi connectivity index (χ0v) is 24.1. The number of aryl methyl sites for hydroxylation is 2. The van der Waals surface area contributed by atoms with E-state index in [9.17, 15) is 27.2 Å². The van der Waals surface area contributed by atoms with E-state index in [0.717, 1.165) is 5.69 Å². The minimum Gasteiger partial charge on any atom is -0.406 e. The quantitative estimate of drug-likeness (QED) is 0.257. The maximum Gasteiger partial charge on any atom is 0.573 e. The summed E-state index contributed by atoms with van der Waals surface area (Å²) in [4.78, 5) is 34.9. The van der Waals surface area contributed by atoms with E-state index in [1.165, 1.54) is 28.9 Å². The second-order valence-electron chi connectivity index (χ2n) is 11.1. The summed E-state index contributed by atoms with van der Waals surface area (Å²) in [6, 6.07) is 13.9. The van der Waals surface area contributed by atoms with Gasteiger partial charge in [-0.3, -0.25) is 14.6 Å². The standard InChI is InChI=1S/C32H29F4N5O3/c1-20-16-23(5-7-25(20)33)40-13-9-29(42)31(40)10-14-39(15-11-31)30(43)26-18-28(22-4-3-12-37-19-22)41(38-26)27-8-6-24(17-21(27)2)44-32(34,35)36/h3-8,12,16-19H,9-11,13-15H2,1-2H3. The van der Waals surface area contributed by atoms with E-state index in [0.29, 0.717) is 67.0 Å². The number of aromatic nitrogens is 3. The molecule has 6 rings (SSSR count). The predicted molar refractivity (Wildman–Crippen MR) is 154 cm³/mol. The third-order valence-electron chi connectivity index (χ3n) is 8.45. The van der Waals surface area contributed by atoms with Gasteiger partial charge in [-0.15, -0.1) is 13.2 Å². The Kier molecular flexibility index (Phi) is 7.38. The number of likely N-dealkylation sites (tertiary alicyclic amines) is 1. The Morgan fingerprint density at radius 1 is 0.977 bits per heavy atom. The summed E-state index contributed by atoms with van der Waals surface area (Å²) in [7, 11) is 0. The molecule has 0 bridgehead atoms. The van der Waals surface area contributed by atoms with Gasteiger partial charge in [-0.05, 0) is 92.4 Å². The van der Waals surface area contributed by atoms with Crippen LogP contribution in [0.25, 0.3) is 16.9 Å². The summed E-state index contributed by atoms with van der Waals surface area (Å²) in [5, 5.41) is 4.60. The van der Waals surface area contributed by atoms with Crippen molar-refractivity contribution < 1.29 is 31.9 Å². The number of piperidine rings is 1. The van der Waals surface area contributed by atoms with Gasteiger partial charge in [-0.1, -0.05) is 0 Å². The molecule has 1 spiro atoms. The van der Waals surface area contributed by atoms with Crippen molar-refractivity contribution >= 4 is 17.4 Å². The largest absolute Gasteiger partial charge is 0.573 e. The van der Waals surface area contributed by atoms with Gasteiger partial charge in [-0.2, -0.15) is 5.10 Å². The molecule has 2 aliphatic heterocycles. The van der Waals surface area contributed by atoms with Crippen LogP contribution < -0.4 is 9.64 Å². The molecule has 1 amide bonds. The first kappa shape index (κ1) is 29.3. The van der Waals surface area contributed by atoms with Gasteiger partial charge in [0.15, 0.2) is 11.5 Å². The summed E-state index contributed by atoms with van der Waals surface area (Å²) < 4.78 is 57.9. The molecule has 0 atom stereocenters. The monoisotopic (exact) mass is 607 g/mol. The van der Waals surface area contributed by atoms with E-state index in [4.69, 9.17) is 0 Å². The molecule has 0 N–H and O–H groups in total. The number of benzene rings is 2. The van der Waals surface area contributed by atoms with Crippen molar-refractivity contribution in [3.05, 3.63) is 89.6 Å². The van der Waals surface area contributed by atoms with E-state index in [1.807, 2.05) is 4.90 Å². The van der Waals surface area contributed by atoms with Crippen LogP contribution in [0.5, 0.6) is 5.75 Å². The second-order valence-corrected chi connectivity index (χ2v) is 11.1. The Hall–Kier alpha value is -4.74. The van der Waals surface area contributed by atoms with Gasteiger partial charge in [0.1, 0.15) is 17.1 Å². The first-order valence-electron chi connectivity index (χ1n) is 14.2. The number of carbonyl (C=O) groups excluding carboxylic acids is 2. The van der Waals surface area contributed by atoms with Crippen LogP contribution in [0, 0.1) is 19.7 Å². The number of Topliss-reactive ketones (excluding diaryl/α,β-unsaturated/α-hetero) is 1. The number of hydrogen-bond acceptors (Lipinski definition) is 6. The highest BCUT2D eigenvalue weighted by Gasteiger charge is 2.50. The van der Waals surface area contributed by atoms with Gasteiger partial charge in [-0.25, -0.2) is 9.07 Å². The maximum atomic E-state index is 14.0. The third kappa shape index (κ3) is 5.40. The van der Waals surface area contributed by atoms with Crippen molar-refractivity contribution in [2.45, 2.75) is 45.0 Å². The molecule has 44 heavy (non-hydrogen) atoms. The van der Waals surface area contributed by atoms with Crippen LogP contribution >= 0.6 is 0 Å². The van der Waals surface area contributed by atoms with Gasteiger partial charge in [0, 0.05) is 49.7 Å². The van der Waals surface area contributed by atoms with Crippen LogP contribution in [-0.4, -0.2) is 62.9 Å². The fourth-order valence-electron chi connectivity index (χ4n) is 6.23. The van der Waals surface area contributed by atoms with E-state index in [2.05, 4.69) is 14.8 Å². The molecular weight excluding hydrogens is 578 g/mol. The topological polar surface area (TPSA) is 80.6 Å². The number of halogens is 4. The van der Waals surface area contributed by atoms with Gasteiger partial charge in [0.2, 0.25) is 0 Å². The molecule has 2 aromatic heterocycles. The Labute approximate surface area is 250 Å². The highest BCUT2D eigenvalue weighted by atomic mass is 19.4. The normalized spacial score (nSPS) is 16.5. The SMILES string of the molecule is Cc1cc(N2CCC(=O)C23CCN(C(=O)c2cc(-c4cccnc4)n(-c4ccc(OC(F)(F)F)cc4C)n2)CC3)ccc1F. The van der Waals surface area contributed by atoms with Gasteiger partial charge in [0.05, 0.1) is 11.4 Å². The number of anilines is 1. The molecule has 2 saturated heterocycles. The van der Waals surface area contributed by atoms with E-state index in [-0.39, 0.29) is 29.0 Å². The summed E-state index contributed by atoms with van der Waals surface area (Å²) in [5.41, 5.74) is 2.79. The lowest BCUT2D eigenvalue weighted by Gasteiger charge is -2.44. The fourth-order valence-corrected chi connectivity index (χ4v) is 6.23. The van der Waals surface area contributed by atoms with E-state index >= 15 is 0 Å². The lowest BCUT2D eigenvalue weighted by atomic mass is 9.83. The molecule has 228 valence electrons. The number of ether oxygens (including phenoxy) is 1. The molecule has 4 aromatic rings. The van der Waals surface area contributed by atoms with Crippen LogP contribution in [0.15, 0.2) is 67.0 Å². The highest BCUT2D eigenvalue weighted by molar-refractivity contribution is 5.97. The summed E-state index contributed by atoms with van der Waals surface area (Å²) >= 11 is 0. The predicted octanol–water partition coefficient (Wildman–Crippen LogP) is 6.04. The van der Waals surface area contributed by atoms with Crippen LogP contribution in [0.4, 0.5) is 23.2 Å². The number of alkyl halides is 3. The lowest BCUT2D eigenvalue weighted by molar-refractivity contribution is -0.274. The average molecular weight is 608 g/mol. The van der Waals surface area contributed by atoms with Crippen LogP contribution in [-0.2, 0) is 4.79 Å². The smallest absolute Gasteiger partial charge is 0.406 e. The van der Waals surface area contributed by atoms with Crippen molar-refractivity contribution in [1.29, 1.82) is 0 Å². The number of amides is 1. The minimum atomic E-state index is -4.83. The molecule has 8 nitrogen and oxygen atoms in total. The Morgan fingerprint density at radius 2 is 1.75 bits per heavy atom. The van der Waals surface area contributed by atoms with Crippen LogP contribution in [0.1, 0.15) is 40.9 Å². The van der Waals surface area contributed by atoms with E-state index < -0.39 is 11.9 Å². The van der Waals surface area contributed by atoms with Crippen molar-refractivity contribution in [2.75, 3.05) is 24.5 Å². The summed E-state index contributed by atoms with van der Waals surface area (Å²) in [6.45, 7) is 4.49. The van der Waals surface area contributed by atoms with Crippen LogP contribution in [0.3, 0.4) is 0 Å². The number of pyridine rings is 1. The number of nitrogens with zero attached hydrogens (tertiary/aromatic N) is 5. The second kappa shape index (κ2) is 11.1. The van der Waals surface area contributed by atoms with Crippen LogP contribution in [0.2, 0.25) is 0 Å². The van der Waals surface area contributed by atoms with Crippen molar-refractivity contribution in [3.63, 3.8) is 0 Å².